The Hall–Kier alpha value is -2.11. The lowest BCUT2D eigenvalue weighted by molar-refractivity contribution is -0.115. The molecule has 1 amide bonds. The number of nitrogens with zero attached hydrogens (tertiary/aromatic N) is 1. The Bertz CT molecular complexity index is 605. The largest absolute Gasteiger partial charge is 0.495 e. The van der Waals surface area contributed by atoms with Gasteiger partial charge in [0, 0.05) is 24.0 Å². The molecule has 0 saturated carbocycles. The molecule has 6 heteroatoms. The van der Waals surface area contributed by atoms with Crippen molar-refractivity contribution in [1.82, 2.24) is 10.3 Å². The number of ether oxygens (including phenoxy) is 1. The number of anilines is 1. The molecule has 110 valence electrons. The van der Waals surface area contributed by atoms with Gasteiger partial charge in [0.15, 0.2) is 0 Å². The van der Waals surface area contributed by atoms with E-state index in [2.05, 4.69) is 15.6 Å². The number of halogens is 1. The maximum absolute atomic E-state index is 11.9. The Morgan fingerprint density at radius 2 is 2.05 bits per heavy atom. The van der Waals surface area contributed by atoms with Crippen molar-refractivity contribution in [2.75, 3.05) is 19.0 Å². The van der Waals surface area contributed by atoms with E-state index in [0.717, 1.165) is 5.56 Å². The van der Waals surface area contributed by atoms with Gasteiger partial charge in [-0.15, -0.1) is 0 Å². The lowest BCUT2D eigenvalue weighted by atomic mass is 10.2. The van der Waals surface area contributed by atoms with E-state index in [-0.39, 0.29) is 12.5 Å². The SMILES string of the molecule is COc1ccc(Cl)cc1NC(=O)CNCc1ccncc1. The maximum Gasteiger partial charge on any atom is 0.238 e. The van der Waals surface area contributed by atoms with Gasteiger partial charge in [-0.25, -0.2) is 0 Å². The van der Waals surface area contributed by atoms with Crippen LogP contribution in [0.25, 0.3) is 0 Å². The third-order valence-electron chi connectivity index (χ3n) is 2.80. The predicted molar refractivity (Wildman–Crippen MR) is 82.6 cm³/mol. The monoisotopic (exact) mass is 305 g/mol. The molecule has 0 aliphatic heterocycles. The molecule has 5 nitrogen and oxygen atoms in total. The molecule has 0 bridgehead atoms. The van der Waals surface area contributed by atoms with Crippen LogP contribution in [0.3, 0.4) is 0 Å². The van der Waals surface area contributed by atoms with E-state index in [4.69, 9.17) is 16.3 Å². The number of methoxy groups -OCH3 is 1. The highest BCUT2D eigenvalue weighted by Gasteiger charge is 2.08. The summed E-state index contributed by atoms with van der Waals surface area (Å²) in [4.78, 5) is 15.8. The molecular weight excluding hydrogens is 290 g/mol. The molecule has 0 saturated heterocycles. The summed E-state index contributed by atoms with van der Waals surface area (Å²) >= 11 is 5.91. The van der Waals surface area contributed by atoms with Crippen molar-refractivity contribution in [3.05, 3.63) is 53.3 Å². The van der Waals surface area contributed by atoms with Crippen LogP contribution < -0.4 is 15.4 Å². The van der Waals surface area contributed by atoms with Crippen LogP contribution in [-0.4, -0.2) is 24.5 Å². The Morgan fingerprint density at radius 1 is 1.29 bits per heavy atom. The van der Waals surface area contributed by atoms with E-state index in [0.29, 0.717) is 23.0 Å². The van der Waals surface area contributed by atoms with Crippen LogP contribution in [0.1, 0.15) is 5.56 Å². The van der Waals surface area contributed by atoms with Crippen molar-refractivity contribution < 1.29 is 9.53 Å². The molecule has 1 aromatic heterocycles. The van der Waals surface area contributed by atoms with Crippen LogP contribution in [0.2, 0.25) is 5.02 Å². The molecule has 0 unspecified atom stereocenters. The van der Waals surface area contributed by atoms with Crippen LogP contribution >= 0.6 is 11.6 Å². The highest BCUT2D eigenvalue weighted by Crippen LogP contribution is 2.27. The Morgan fingerprint density at radius 3 is 2.76 bits per heavy atom. The lowest BCUT2D eigenvalue weighted by Gasteiger charge is -2.11. The summed E-state index contributed by atoms with van der Waals surface area (Å²) in [5.74, 6) is 0.409. The number of benzene rings is 1. The van der Waals surface area contributed by atoms with Crippen molar-refractivity contribution in [2.45, 2.75) is 6.54 Å². The number of pyridine rings is 1. The second-order valence-corrected chi connectivity index (χ2v) is 4.79. The summed E-state index contributed by atoms with van der Waals surface area (Å²) in [6, 6.07) is 8.86. The Kier molecular flexibility index (Phi) is 5.54. The van der Waals surface area contributed by atoms with Crippen molar-refractivity contribution in [3.63, 3.8) is 0 Å². The second kappa shape index (κ2) is 7.61. The first-order valence-corrected chi connectivity index (χ1v) is 6.80. The van der Waals surface area contributed by atoms with E-state index < -0.39 is 0 Å². The summed E-state index contributed by atoms with van der Waals surface area (Å²) < 4.78 is 5.17. The molecule has 1 aromatic carbocycles. The quantitative estimate of drug-likeness (QED) is 0.860. The number of carbonyl (C=O) groups is 1. The molecule has 0 fully saturated rings. The third kappa shape index (κ3) is 4.73. The van der Waals surface area contributed by atoms with Gasteiger partial charge in [-0.1, -0.05) is 11.6 Å². The van der Waals surface area contributed by atoms with E-state index >= 15 is 0 Å². The molecule has 0 spiro atoms. The van der Waals surface area contributed by atoms with Crippen molar-refractivity contribution in [2.24, 2.45) is 0 Å². The Labute approximate surface area is 128 Å². The van der Waals surface area contributed by atoms with Gasteiger partial charge in [0.25, 0.3) is 0 Å². The standard InChI is InChI=1S/C15H16ClN3O2/c1-21-14-3-2-12(16)8-13(14)19-15(20)10-18-9-11-4-6-17-7-5-11/h2-8,18H,9-10H2,1H3,(H,19,20). The number of carbonyl (C=O) groups excluding carboxylic acids is 1. The topological polar surface area (TPSA) is 63.2 Å². The summed E-state index contributed by atoms with van der Waals surface area (Å²) in [6.07, 6.45) is 3.43. The predicted octanol–water partition coefficient (Wildman–Crippen LogP) is 2.47. The van der Waals surface area contributed by atoms with Crippen molar-refractivity contribution >= 4 is 23.2 Å². The highest BCUT2D eigenvalue weighted by molar-refractivity contribution is 6.31. The van der Waals surface area contributed by atoms with Gasteiger partial charge in [0.2, 0.25) is 5.91 Å². The molecule has 0 radical (unpaired) electrons. The molecule has 2 aromatic rings. The van der Waals surface area contributed by atoms with Crippen molar-refractivity contribution in [3.8, 4) is 5.75 Å². The molecule has 0 aliphatic rings. The minimum atomic E-state index is -0.162. The smallest absolute Gasteiger partial charge is 0.238 e. The molecule has 2 N–H and O–H groups in total. The normalized spacial score (nSPS) is 10.2. The van der Waals surface area contributed by atoms with Crippen LogP contribution in [0.15, 0.2) is 42.7 Å². The number of nitrogens with one attached hydrogen (secondary N) is 2. The number of hydrogen-bond donors (Lipinski definition) is 2. The van der Waals surface area contributed by atoms with Gasteiger partial charge < -0.3 is 15.4 Å². The van der Waals surface area contributed by atoms with Crippen LogP contribution in [0.5, 0.6) is 5.75 Å². The van der Waals surface area contributed by atoms with Crippen LogP contribution in [-0.2, 0) is 11.3 Å². The fourth-order valence-corrected chi connectivity index (χ4v) is 1.97. The third-order valence-corrected chi connectivity index (χ3v) is 3.03. The van der Waals surface area contributed by atoms with E-state index in [1.807, 2.05) is 12.1 Å². The molecule has 21 heavy (non-hydrogen) atoms. The lowest BCUT2D eigenvalue weighted by Crippen LogP contribution is -2.27. The number of aromatic nitrogens is 1. The molecule has 0 aliphatic carbocycles. The summed E-state index contributed by atoms with van der Waals surface area (Å²) in [5.41, 5.74) is 1.62. The first kappa shape index (κ1) is 15.3. The summed E-state index contributed by atoms with van der Waals surface area (Å²) in [7, 11) is 1.54. The highest BCUT2D eigenvalue weighted by atomic mass is 35.5. The fourth-order valence-electron chi connectivity index (χ4n) is 1.79. The van der Waals surface area contributed by atoms with Crippen LogP contribution in [0.4, 0.5) is 5.69 Å². The zero-order valence-electron chi connectivity index (χ0n) is 11.6. The van der Waals surface area contributed by atoms with E-state index in [9.17, 15) is 4.79 Å². The molecule has 0 atom stereocenters. The molecule has 1 heterocycles. The zero-order valence-corrected chi connectivity index (χ0v) is 12.4. The number of hydrogen-bond acceptors (Lipinski definition) is 4. The molecular formula is C15H16ClN3O2. The maximum atomic E-state index is 11.9. The second-order valence-electron chi connectivity index (χ2n) is 4.35. The number of amides is 1. The first-order valence-electron chi connectivity index (χ1n) is 6.42. The summed E-state index contributed by atoms with van der Waals surface area (Å²) in [6.45, 7) is 0.792. The van der Waals surface area contributed by atoms with E-state index in [1.54, 1.807) is 37.7 Å². The van der Waals surface area contributed by atoms with Gasteiger partial charge in [-0.2, -0.15) is 0 Å². The fraction of sp³-hybridized carbons (Fsp3) is 0.200. The average molecular weight is 306 g/mol. The van der Waals surface area contributed by atoms with E-state index in [1.165, 1.54) is 0 Å². The average Bonchev–Trinajstić information content (AvgIpc) is 2.48. The van der Waals surface area contributed by atoms with Gasteiger partial charge in [-0.3, -0.25) is 9.78 Å². The minimum Gasteiger partial charge on any atom is -0.495 e. The van der Waals surface area contributed by atoms with Gasteiger partial charge in [-0.05, 0) is 35.9 Å². The number of rotatable bonds is 6. The van der Waals surface area contributed by atoms with Crippen molar-refractivity contribution in [1.29, 1.82) is 0 Å². The summed E-state index contributed by atoms with van der Waals surface area (Å²) in [5, 5.41) is 6.36. The first-order chi connectivity index (χ1) is 10.2. The van der Waals surface area contributed by atoms with Crippen LogP contribution in [0, 0.1) is 0 Å². The van der Waals surface area contributed by atoms with Gasteiger partial charge >= 0.3 is 0 Å². The van der Waals surface area contributed by atoms with Gasteiger partial charge in [0.1, 0.15) is 5.75 Å². The zero-order chi connectivity index (χ0) is 15.1. The minimum absolute atomic E-state index is 0.162. The molecule has 2 rings (SSSR count). The Balaban J connectivity index is 1.86. The van der Waals surface area contributed by atoms with Gasteiger partial charge in [0.05, 0.1) is 19.3 Å².